The van der Waals surface area contributed by atoms with Crippen molar-refractivity contribution < 1.29 is 4.74 Å². The molecule has 2 aliphatic carbocycles. The molecule has 10 heavy (non-hydrogen) atoms. The second-order valence-corrected chi connectivity index (χ2v) is 3.30. The molecule has 1 nitrogen and oxygen atoms in total. The topological polar surface area (TPSA) is 9.23 Å². The summed E-state index contributed by atoms with van der Waals surface area (Å²) in [6.45, 7) is 2.94. The number of rotatable bonds is 3. The number of allylic oxidation sites excluding steroid dienone is 1. The lowest BCUT2D eigenvalue weighted by Crippen LogP contribution is -2.09. The van der Waals surface area contributed by atoms with Gasteiger partial charge in [0.05, 0.1) is 5.60 Å². The highest BCUT2D eigenvalue weighted by Gasteiger charge is 2.42. The van der Waals surface area contributed by atoms with E-state index < -0.39 is 0 Å². The highest BCUT2D eigenvalue weighted by molar-refractivity contribution is 5.26. The summed E-state index contributed by atoms with van der Waals surface area (Å²) in [5.41, 5.74) is 1.84. The van der Waals surface area contributed by atoms with Gasteiger partial charge in [0.15, 0.2) is 0 Å². The molecule has 2 fully saturated rings. The third-order valence-corrected chi connectivity index (χ3v) is 2.18. The average Bonchev–Trinajstić information content (AvgIpc) is 2.73. The van der Waals surface area contributed by atoms with E-state index in [1.165, 1.54) is 25.7 Å². The van der Waals surface area contributed by atoms with Gasteiger partial charge in [-0.15, -0.1) is 0 Å². The van der Waals surface area contributed by atoms with Gasteiger partial charge in [0, 0.05) is 6.61 Å². The first kappa shape index (κ1) is 6.41. The normalized spacial score (nSPS) is 26.3. The molecule has 0 aromatic rings. The van der Waals surface area contributed by atoms with Gasteiger partial charge in [0.2, 0.25) is 0 Å². The molecule has 1 heteroatoms. The molecule has 0 atom stereocenters. The number of hydrogen-bond acceptors (Lipinski definition) is 1. The molecule has 0 radical (unpaired) electrons. The molecule has 0 bridgehead atoms. The van der Waals surface area contributed by atoms with E-state index in [-0.39, 0.29) is 5.60 Å². The minimum absolute atomic E-state index is 0.223. The molecule has 0 aliphatic heterocycles. The summed E-state index contributed by atoms with van der Waals surface area (Å²) in [7, 11) is 0. The van der Waals surface area contributed by atoms with Crippen LogP contribution in [0.3, 0.4) is 0 Å². The van der Waals surface area contributed by atoms with Crippen LogP contribution in [0.5, 0.6) is 0 Å². The SMILES string of the molecule is CCOC1(C=C2CC2)CC1. The number of ether oxygens (including phenoxy) is 1. The summed E-state index contributed by atoms with van der Waals surface area (Å²) in [5.74, 6) is 0. The second-order valence-electron chi connectivity index (χ2n) is 3.30. The quantitative estimate of drug-likeness (QED) is 0.544. The van der Waals surface area contributed by atoms with Crippen molar-refractivity contribution in [2.24, 2.45) is 0 Å². The Labute approximate surface area is 62.1 Å². The summed E-state index contributed by atoms with van der Waals surface area (Å²) in [4.78, 5) is 0. The largest absolute Gasteiger partial charge is 0.371 e. The Morgan fingerprint density at radius 3 is 2.60 bits per heavy atom. The maximum Gasteiger partial charge on any atom is 0.0867 e. The summed E-state index contributed by atoms with van der Waals surface area (Å²) in [6, 6.07) is 0. The van der Waals surface area contributed by atoms with E-state index in [0.717, 1.165) is 6.61 Å². The minimum Gasteiger partial charge on any atom is -0.371 e. The molecule has 0 aromatic carbocycles. The van der Waals surface area contributed by atoms with E-state index in [2.05, 4.69) is 13.0 Å². The van der Waals surface area contributed by atoms with E-state index in [0.29, 0.717) is 0 Å². The van der Waals surface area contributed by atoms with Crippen molar-refractivity contribution in [2.75, 3.05) is 6.61 Å². The summed E-state index contributed by atoms with van der Waals surface area (Å²) >= 11 is 0. The van der Waals surface area contributed by atoms with E-state index in [9.17, 15) is 0 Å². The van der Waals surface area contributed by atoms with Crippen LogP contribution in [0.25, 0.3) is 0 Å². The van der Waals surface area contributed by atoms with Crippen LogP contribution in [-0.4, -0.2) is 12.2 Å². The molecule has 2 aliphatic rings. The van der Waals surface area contributed by atoms with Crippen molar-refractivity contribution in [2.45, 2.75) is 38.2 Å². The minimum atomic E-state index is 0.223. The Kier molecular flexibility index (Phi) is 1.34. The zero-order valence-corrected chi connectivity index (χ0v) is 6.52. The predicted octanol–water partition coefficient (Wildman–Crippen LogP) is 2.28. The van der Waals surface area contributed by atoms with Crippen LogP contribution in [0.15, 0.2) is 11.6 Å². The smallest absolute Gasteiger partial charge is 0.0867 e. The molecule has 56 valence electrons. The van der Waals surface area contributed by atoms with Crippen LogP contribution in [0.1, 0.15) is 32.6 Å². The lowest BCUT2D eigenvalue weighted by Gasteiger charge is -2.08. The predicted molar refractivity (Wildman–Crippen MR) is 40.9 cm³/mol. The summed E-state index contributed by atoms with van der Waals surface area (Å²) in [6.07, 6.45) is 7.52. The van der Waals surface area contributed by atoms with Gasteiger partial charge in [-0.1, -0.05) is 11.6 Å². The van der Waals surface area contributed by atoms with Gasteiger partial charge in [-0.2, -0.15) is 0 Å². The fourth-order valence-corrected chi connectivity index (χ4v) is 1.33. The van der Waals surface area contributed by atoms with Gasteiger partial charge < -0.3 is 4.74 Å². The molecule has 2 saturated carbocycles. The van der Waals surface area contributed by atoms with Crippen LogP contribution >= 0.6 is 0 Å². The van der Waals surface area contributed by atoms with Crippen LogP contribution in [0, 0.1) is 0 Å². The van der Waals surface area contributed by atoms with Crippen molar-refractivity contribution in [1.29, 1.82) is 0 Å². The molecule has 0 spiro atoms. The molecule has 2 rings (SSSR count). The molecule has 0 saturated heterocycles. The first-order valence-electron chi connectivity index (χ1n) is 4.19. The van der Waals surface area contributed by atoms with Gasteiger partial charge in [-0.25, -0.2) is 0 Å². The van der Waals surface area contributed by atoms with Crippen molar-refractivity contribution in [3.63, 3.8) is 0 Å². The van der Waals surface area contributed by atoms with Gasteiger partial charge >= 0.3 is 0 Å². The highest BCUT2D eigenvalue weighted by atomic mass is 16.5. The van der Waals surface area contributed by atoms with Crippen LogP contribution in [0.4, 0.5) is 0 Å². The fraction of sp³-hybridized carbons (Fsp3) is 0.778. The third kappa shape index (κ3) is 1.24. The van der Waals surface area contributed by atoms with Gasteiger partial charge in [0.25, 0.3) is 0 Å². The Morgan fingerprint density at radius 1 is 1.50 bits per heavy atom. The Balaban J connectivity index is 1.94. The average molecular weight is 138 g/mol. The van der Waals surface area contributed by atoms with Crippen molar-refractivity contribution in [3.05, 3.63) is 11.6 Å². The van der Waals surface area contributed by atoms with E-state index in [1.807, 2.05) is 0 Å². The molecule has 0 aromatic heterocycles. The molecule has 0 unspecified atom stereocenters. The molecular formula is C9H14O. The van der Waals surface area contributed by atoms with Crippen molar-refractivity contribution in [1.82, 2.24) is 0 Å². The maximum absolute atomic E-state index is 5.61. The Hall–Kier alpha value is -0.300. The van der Waals surface area contributed by atoms with Crippen molar-refractivity contribution in [3.8, 4) is 0 Å². The van der Waals surface area contributed by atoms with Crippen LogP contribution in [0.2, 0.25) is 0 Å². The summed E-state index contributed by atoms with van der Waals surface area (Å²) in [5, 5.41) is 0. The van der Waals surface area contributed by atoms with Gasteiger partial charge in [-0.3, -0.25) is 0 Å². The standard InChI is InChI=1S/C9H14O/c1-2-10-9(5-6-9)7-8-3-4-8/h7H,2-6H2,1H3. The van der Waals surface area contributed by atoms with E-state index in [4.69, 9.17) is 4.74 Å². The zero-order chi connectivity index (χ0) is 7.03. The van der Waals surface area contributed by atoms with Crippen molar-refractivity contribution >= 4 is 0 Å². The van der Waals surface area contributed by atoms with E-state index in [1.54, 1.807) is 5.57 Å². The zero-order valence-electron chi connectivity index (χ0n) is 6.52. The molecule has 0 N–H and O–H groups in total. The lowest BCUT2D eigenvalue weighted by atomic mass is 10.3. The highest BCUT2D eigenvalue weighted by Crippen LogP contribution is 2.45. The first-order chi connectivity index (χ1) is 4.85. The Bertz CT molecular complexity index is 160. The Morgan fingerprint density at radius 2 is 2.20 bits per heavy atom. The fourth-order valence-electron chi connectivity index (χ4n) is 1.33. The number of hydrogen-bond donors (Lipinski definition) is 0. The lowest BCUT2D eigenvalue weighted by molar-refractivity contribution is 0.0774. The second kappa shape index (κ2) is 2.09. The van der Waals surface area contributed by atoms with Gasteiger partial charge in [0.1, 0.15) is 0 Å². The monoisotopic (exact) mass is 138 g/mol. The van der Waals surface area contributed by atoms with Gasteiger partial charge in [-0.05, 0) is 32.6 Å². The van der Waals surface area contributed by atoms with Crippen LogP contribution < -0.4 is 0 Å². The maximum atomic E-state index is 5.61. The third-order valence-electron chi connectivity index (χ3n) is 2.18. The van der Waals surface area contributed by atoms with Crippen LogP contribution in [-0.2, 0) is 4.74 Å². The summed E-state index contributed by atoms with van der Waals surface area (Å²) < 4.78 is 5.61. The molecule has 0 heterocycles. The first-order valence-corrected chi connectivity index (χ1v) is 4.19. The molecule has 0 amide bonds. The molecular weight excluding hydrogens is 124 g/mol. The van der Waals surface area contributed by atoms with E-state index >= 15 is 0 Å².